The molecule has 1 aliphatic carbocycles. The van der Waals surface area contributed by atoms with Crippen LogP contribution in [0.4, 0.5) is 0 Å². The number of hydrogen-bond acceptors (Lipinski definition) is 1. The van der Waals surface area contributed by atoms with Gasteiger partial charge in [0.25, 0.3) is 0 Å². The minimum absolute atomic E-state index is 0.117. The maximum Gasteiger partial charge on any atom is 0.181 e. The van der Waals surface area contributed by atoms with E-state index in [1.165, 1.54) is 5.57 Å². The molecule has 0 saturated carbocycles. The van der Waals surface area contributed by atoms with Gasteiger partial charge in [-0.2, -0.15) is 0 Å². The van der Waals surface area contributed by atoms with Crippen molar-refractivity contribution in [3.63, 3.8) is 0 Å². The Labute approximate surface area is 74.2 Å². The van der Waals surface area contributed by atoms with Crippen molar-refractivity contribution >= 4 is 5.78 Å². The summed E-state index contributed by atoms with van der Waals surface area (Å²) in [7, 11) is 0. The molecular formula is C11H16O. The van der Waals surface area contributed by atoms with Gasteiger partial charge >= 0.3 is 0 Å². The Bertz CT molecular complexity index is 256. The highest BCUT2D eigenvalue weighted by Gasteiger charge is 2.29. The molecule has 0 atom stereocenters. The molecule has 0 aromatic rings. The van der Waals surface area contributed by atoms with E-state index in [0.717, 1.165) is 18.4 Å². The topological polar surface area (TPSA) is 17.1 Å². The van der Waals surface area contributed by atoms with Crippen molar-refractivity contribution in [1.29, 1.82) is 0 Å². The first-order valence-electron chi connectivity index (χ1n) is 4.40. The van der Waals surface area contributed by atoms with Gasteiger partial charge in [0, 0.05) is 0 Å². The molecule has 0 radical (unpaired) electrons. The molecule has 0 amide bonds. The zero-order chi connectivity index (χ0) is 9.35. The quantitative estimate of drug-likeness (QED) is 0.545. The summed E-state index contributed by atoms with van der Waals surface area (Å²) in [4.78, 5) is 11.3. The van der Waals surface area contributed by atoms with Gasteiger partial charge in [-0.15, -0.1) is 0 Å². The van der Waals surface area contributed by atoms with Crippen LogP contribution < -0.4 is 0 Å². The van der Waals surface area contributed by atoms with Crippen molar-refractivity contribution in [1.82, 2.24) is 0 Å². The maximum atomic E-state index is 11.3. The molecule has 1 heteroatoms. The standard InChI is InChI=1S/C11H16O/c1-5-9-6-10(12)8(2)7-11(9,3)4/h6H,2,5,7H2,1,3-4H3. The van der Waals surface area contributed by atoms with Crippen molar-refractivity contribution in [2.24, 2.45) is 5.41 Å². The second kappa shape index (κ2) is 2.89. The highest BCUT2D eigenvalue weighted by molar-refractivity contribution is 6.05. The highest BCUT2D eigenvalue weighted by Crippen LogP contribution is 2.38. The summed E-state index contributed by atoms with van der Waals surface area (Å²) < 4.78 is 0. The van der Waals surface area contributed by atoms with Gasteiger partial charge in [-0.3, -0.25) is 4.79 Å². The normalized spacial score (nSPS) is 22.4. The molecule has 0 saturated heterocycles. The van der Waals surface area contributed by atoms with Crippen molar-refractivity contribution in [3.05, 3.63) is 23.8 Å². The van der Waals surface area contributed by atoms with Gasteiger partial charge in [-0.1, -0.05) is 32.9 Å². The summed E-state index contributed by atoms with van der Waals surface area (Å²) in [6.07, 6.45) is 3.53. The van der Waals surface area contributed by atoms with E-state index in [-0.39, 0.29) is 11.2 Å². The van der Waals surface area contributed by atoms with Crippen LogP contribution in [-0.2, 0) is 4.79 Å². The molecule has 0 N–H and O–H groups in total. The summed E-state index contributed by atoms with van der Waals surface area (Å²) in [6.45, 7) is 10.2. The molecule has 1 nitrogen and oxygen atoms in total. The van der Waals surface area contributed by atoms with Gasteiger partial charge in [0.15, 0.2) is 5.78 Å². The Morgan fingerprint density at radius 2 is 2.17 bits per heavy atom. The number of allylic oxidation sites excluding steroid dienone is 3. The molecule has 0 aromatic carbocycles. The van der Waals surface area contributed by atoms with E-state index >= 15 is 0 Å². The molecule has 0 fully saturated rings. The van der Waals surface area contributed by atoms with Crippen LogP contribution in [0.25, 0.3) is 0 Å². The summed E-state index contributed by atoms with van der Waals surface area (Å²) in [6, 6.07) is 0. The molecule has 0 heterocycles. The SMILES string of the molecule is C=C1CC(C)(C)C(CC)=CC1=O. The summed E-state index contributed by atoms with van der Waals surface area (Å²) in [5.41, 5.74) is 2.14. The third-order valence-electron chi connectivity index (χ3n) is 2.56. The van der Waals surface area contributed by atoms with E-state index in [9.17, 15) is 4.79 Å². The van der Waals surface area contributed by atoms with Crippen LogP contribution in [0.15, 0.2) is 23.8 Å². The predicted molar refractivity (Wildman–Crippen MR) is 50.9 cm³/mol. The zero-order valence-corrected chi connectivity index (χ0v) is 8.11. The maximum absolute atomic E-state index is 11.3. The predicted octanol–water partition coefficient (Wildman–Crippen LogP) is 2.88. The van der Waals surface area contributed by atoms with E-state index in [2.05, 4.69) is 27.4 Å². The Morgan fingerprint density at radius 1 is 1.58 bits per heavy atom. The van der Waals surface area contributed by atoms with Crippen LogP contribution >= 0.6 is 0 Å². The molecule has 0 unspecified atom stereocenters. The molecule has 0 aromatic heterocycles. The molecule has 66 valence electrons. The monoisotopic (exact) mass is 164 g/mol. The van der Waals surface area contributed by atoms with Crippen LogP contribution in [0.1, 0.15) is 33.6 Å². The fourth-order valence-corrected chi connectivity index (χ4v) is 1.77. The molecular weight excluding hydrogens is 148 g/mol. The second-order valence-electron chi connectivity index (χ2n) is 4.05. The first-order valence-corrected chi connectivity index (χ1v) is 4.40. The number of rotatable bonds is 1. The third-order valence-corrected chi connectivity index (χ3v) is 2.56. The second-order valence-corrected chi connectivity index (χ2v) is 4.05. The van der Waals surface area contributed by atoms with Gasteiger partial charge in [-0.25, -0.2) is 0 Å². The lowest BCUT2D eigenvalue weighted by Crippen LogP contribution is -2.23. The van der Waals surface area contributed by atoms with Crippen LogP contribution in [0.3, 0.4) is 0 Å². The summed E-state index contributed by atoms with van der Waals surface area (Å²) in [5.74, 6) is 0.117. The molecule has 0 bridgehead atoms. The Balaban J connectivity index is 3.04. The lowest BCUT2D eigenvalue weighted by molar-refractivity contribution is -0.112. The molecule has 12 heavy (non-hydrogen) atoms. The number of carbonyl (C=O) groups excluding carboxylic acids is 1. The van der Waals surface area contributed by atoms with Crippen LogP contribution in [0.5, 0.6) is 0 Å². The van der Waals surface area contributed by atoms with Gasteiger partial charge in [0.1, 0.15) is 0 Å². The summed E-state index contributed by atoms with van der Waals surface area (Å²) in [5, 5.41) is 0. The van der Waals surface area contributed by atoms with Crippen LogP contribution in [0, 0.1) is 5.41 Å². The van der Waals surface area contributed by atoms with Crippen LogP contribution in [-0.4, -0.2) is 5.78 Å². The van der Waals surface area contributed by atoms with Crippen LogP contribution in [0.2, 0.25) is 0 Å². The van der Waals surface area contributed by atoms with Gasteiger partial charge in [-0.05, 0) is 29.9 Å². The molecule has 0 spiro atoms. The minimum Gasteiger partial charge on any atom is -0.290 e. The highest BCUT2D eigenvalue weighted by atomic mass is 16.1. The number of carbonyl (C=O) groups is 1. The zero-order valence-electron chi connectivity index (χ0n) is 8.11. The first-order chi connectivity index (χ1) is 5.47. The third kappa shape index (κ3) is 1.50. The fraction of sp³-hybridized carbons (Fsp3) is 0.545. The Morgan fingerprint density at radius 3 is 2.67 bits per heavy atom. The van der Waals surface area contributed by atoms with Crippen molar-refractivity contribution in [2.45, 2.75) is 33.6 Å². The largest absolute Gasteiger partial charge is 0.290 e. The molecule has 0 aliphatic heterocycles. The van der Waals surface area contributed by atoms with Crippen molar-refractivity contribution in [3.8, 4) is 0 Å². The van der Waals surface area contributed by atoms with Gasteiger partial charge in [0.2, 0.25) is 0 Å². The molecule has 1 aliphatic rings. The molecule has 1 rings (SSSR count). The van der Waals surface area contributed by atoms with Crippen molar-refractivity contribution in [2.75, 3.05) is 0 Å². The van der Waals surface area contributed by atoms with Gasteiger partial charge in [0.05, 0.1) is 0 Å². The lowest BCUT2D eigenvalue weighted by Gasteiger charge is -2.31. The number of hydrogen-bond donors (Lipinski definition) is 0. The van der Waals surface area contributed by atoms with E-state index in [4.69, 9.17) is 0 Å². The Kier molecular flexibility index (Phi) is 2.22. The fourth-order valence-electron chi connectivity index (χ4n) is 1.77. The lowest BCUT2D eigenvalue weighted by atomic mass is 9.73. The Hall–Kier alpha value is -0.850. The minimum atomic E-state index is 0.117. The number of ketones is 1. The van der Waals surface area contributed by atoms with E-state index in [1.54, 1.807) is 6.08 Å². The average molecular weight is 164 g/mol. The first kappa shape index (κ1) is 9.24. The smallest absolute Gasteiger partial charge is 0.181 e. The average Bonchev–Trinajstić information content (AvgIpc) is 1.96. The van der Waals surface area contributed by atoms with E-state index < -0.39 is 0 Å². The van der Waals surface area contributed by atoms with Gasteiger partial charge < -0.3 is 0 Å². The van der Waals surface area contributed by atoms with E-state index in [0.29, 0.717) is 0 Å². The van der Waals surface area contributed by atoms with Crippen molar-refractivity contribution < 1.29 is 4.79 Å². The van der Waals surface area contributed by atoms with E-state index in [1.807, 2.05) is 0 Å². The summed E-state index contributed by atoms with van der Waals surface area (Å²) >= 11 is 0.